The van der Waals surface area contributed by atoms with Gasteiger partial charge in [-0.05, 0) is 30.5 Å². The Bertz CT molecular complexity index is 590. The molecule has 2 aromatic rings. The van der Waals surface area contributed by atoms with Crippen LogP contribution >= 0.6 is 0 Å². The lowest BCUT2D eigenvalue weighted by Crippen LogP contribution is -2.35. The van der Waals surface area contributed by atoms with Gasteiger partial charge in [0, 0.05) is 29.1 Å². The number of nitrogens with one attached hydrogen (secondary N) is 2. The second-order valence-electron chi connectivity index (χ2n) is 6.12. The zero-order chi connectivity index (χ0) is 14.0. The van der Waals surface area contributed by atoms with E-state index in [0.717, 1.165) is 11.9 Å². The maximum atomic E-state index is 11.8. The van der Waals surface area contributed by atoms with Crippen molar-refractivity contribution in [2.24, 2.45) is 5.41 Å². The van der Waals surface area contributed by atoms with Gasteiger partial charge in [-0.1, -0.05) is 32.9 Å². The molecule has 2 rings (SSSR count). The standard InChI is InChI=1S/C16H22N2O/c1-11-5-6-13-12(10-18-14(13)9-11)7-8-17-15(19)16(2,3)4/h5-6,9-10,18H,7-8H2,1-4H3,(H,17,19). The number of aromatic amines is 1. The predicted molar refractivity (Wildman–Crippen MR) is 79.2 cm³/mol. The molecule has 0 fully saturated rings. The van der Waals surface area contributed by atoms with E-state index in [-0.39, 0.29) is 11.3 Å². The van der Waals surface area contributed by atoms with Crippen molar-refractivity contribution in [2.45, 2.75) is 34.1 Å². The van der Waals surface area contributed by atoms with E-state index < -0.39 is 0 Å². The average Bonchev–Trinajstić information content (AvgIpc) is 2.70. The molecule has 2 N–H and O–H groups in total. The summed E-state index contributed by atoms with van der Waals surface area (Å²) in [5, 5.41) is 4.23. The van der Waals surface area contributed by atoms with Crippen LogP contribution in [-0.4, -0.2) is 17.4 Å². The van der Waals surface area contributed by atoms with Crippen molar-refractivity contribution in [2.75, 3.05) is 6.54 Å². The quantitative estimate of drug-likeness (QED) is 0.872. The molecule has 0 aliphatic rings. The lowest BCUT2D eigenvalue weighted by molar-refractivity contribution is -0.128. The first-order valence-electron chi connectivity index (χ1n) is 6.73. The number of fused-ring (bicyclic) bond motifs is 1. The molecule has 19 heavy (non-hydrogen) atoms. The SMILES string of the molecule is Cc1ccc2c(CCNC(=O)C(C)(C)C)c[nH]c2c1. The summed E-state index contributed by atoms with van der Waals surface area (Å²) in [6, 6.07) is 6.40. The summed E-state index contributed by atoms with van der Waals surface area (Å²) in [6.45, 7) is 8.55. The van der Waals surface area contributed by atoms with Crippen molar-refractivity contribution in [3.63, 3.8) is 0 Å². The van der Waals surface area contributed by atoms with E-state index in [1.54, 1.807) is 0 Å². The van der Waals surface area contributed by atoms with Crippen LogP contribution in [0.25, 0.3) is 10.9 Å². The summed E-state index contributed by atoms with van der Waals surface area (Å²) in [7, 11) is 0. The van der Waals surface area contributed by atoms with Crippen LogP contribution in [0.4, 0.5) is 0 Å². The molecule has 0 radical (unpaired) electrons. The third kappa shape index (κ3) is 3.16. The van der Waals surface area contributed by atoms with Crippen LogP contribution in [0.15, 0.2) is 24.4 Å². The summed E-state index contributed by atoms with van der Waals surface area (Å²) in [4.78, 5) is 15.1. The van der Waals surface area contributed by atoms with E-state index >= 15 is 0 Å². The van der Waals surface area contributed by atoms with E-state index in [1.165, 1.54) is 16.5 Å². The Morgan fingerprint density at radius 2 is 2.05 bits per heavy atom. The molecule has 0 saturated heterocycles. The van der Waals surface area contributed by atoms with Gasteiger partial charge in [0.1, 0.15) is 0 Å². The van der Waals surface area contributed by atoms with Crippen LogP contribution in [-0.2, 0) is 11.2 Å². The Hall–Kier alpha value is -1.77. The number of hydrogen-bond donors (Lipinski definition) is 2. The number of hydrogen-bond acceptors (Lipinski definition) is 1. The fourth-order valence-corrected chi connectivity index (χ4v) is 2.08. The van der Waals surface area contributed by atoms with Crippen LogP contribution in [0.5, 0.6) is 0 Å². The largest absolute Gasteiger partial charge is 0.361 e. The van der Waals surface area contributed by atoms with Crippen LogP contribution in [0.3, 0.4) is 0 Å². The Kier molecular flexibility index (Phi) is 3.65. The zero-order valence-electron chi connectivity index (χ0n) is 12.1. The minimum atomic E-state index is -0.322. The molecule has 0 spiro atoms. The van der Waals surface area contributed by atoms with Gasteiger partial charge in [-0.3, -0.25) is 4.79 Å². The number of aromatic nitrogens is 1. The van der Waals surface area contributed by atoms with Gasteiger partial charge >= 0.3 is 0 Å². The molecule has 0 aliphatic heterocycles. The summed E-state index contributed by atoms with van der Waals surface area (Å²) in [5.74, 6) is 0.100. The van der Waals surface area contributed by atoms with Crippen molar-refractivity contribution >= 4 is 16.8 Å². The van der Waals surface area contributed by atoms with Crippen molar-refractivity contribution in [1.29, 1.82) is 0 Å². The number of H-pyrrole nitrogens is 1. The molecule has 1 aromatic carbocycles. The lowest BCUT2D eigenvalue weighted by atomic mass is 9.95. The maximum absolute atomic E-state index is 11.8. The molecular formula is C16H22N2O. The molecule has 0 aliphatic carbocycles. The summed E-state index contributed by atoms with van der Waals surface area (Å²) < 4.78 is 0. The molecule has 3 heteroatoms. The highest BCUT2D eigenvalue weighted by atomic mass is 16.2. The number of amides is 1. The van der Waals surface area contributed by atoms with Gasteiger partial charge in [0.05, 0.1) is 0 Å². The minimum Gasteiger partial charge on any atom is -0.361 e. The normalized spacial score (nSPS) is 11.8. The smallest absolute Gasteiger partial charge is 0.225 e. The Morgan fingerprint density at radius 3 is 2.74 bits per heavy atom. The summed E-state index contributed by atoms with van der Waals surface area (Å²) in [5.41, 5.74) is 3.35. The number of benzene rings is 1. The number of carbonyl (C=O) groups excluding carboxylic acids is 1. The molecule has 1 aromatic heterocycles. The summed E-state index contributed by atoms with van der Waals surface area (Å²) >= 11 is 0. The van der Waals surface area contributed by atoms with Gasteiger partial charge in [-0.15, -0.1) is 0 Å². The topological polar surface area (TPSA) is 44.9 Å². The third-order valence-corrected chi connectivity index (χ3v) is 3.28. The highest BCUT2D eigenvalue weighted by Crippen LogP contribution is 2.20. The minimum absolute atomic E-state index is 0.100. The van der Waals surface area contributed by atoms with Crippen molar-refractivity contribution in [1.82, 2.24) is 10.3 Å². The van der Waals surface area contributed by atoms with Crippen LogP contribution in [0, 0.1) is 12.3 Å². The summed E-state index contributed by atoms with van der Waals surface area (Å²) in [6.07, 6.45) is 2.89. The maximum Gasteiger partial charge on any atom is 0.225 e. The fraction of sp³-hybridized carbons (Fsp3) is 0.438. The molecule has 3 nitrogen and oxygen atoms in total. The molecule has 0 unspecified atom stereocenters. The van der Waals surface area contributed by atoms with Crippen LogP contribution in [0.2, 0.25) is 0 Å². The predicted octanol–water partition coefficient (Wildman–Crippen LogP) is 3.18. The van der Waals surface area contributed by atoms with E-state index in [2.05, 4.69) is 35.4 Å². The highest BCUT2D eigenvalue weighted by molar-refractivity contribution is 5.84. The van der Waals surface area contributed by atoms with Crippen molar-refractivity contribution in [3.8, 4) is 0 Å². The Labute approximate surface area is 114 Å². The lowest BCUT2D eigenvalue weighted by Gasteiger charge is -2.17. The molecule has 102 valence electrons. The molecule has 1 amide bonds. The van der Waals surface area contributed by atoms with Crippen LogP contribution in [0.1, 0.15) is 31.9 Å². The van der Waals surface area contributed by atoms with E-state index in [4.69, 9.17) is 0 Å². The fourth-order valence-electron chi connectivity index (χ4n) is 2.08. The first-order valence-corrected chi connectivity index (χ1v) is 6.73. The Balaban J connectivity index is 2.01. The first kappa shape index (κ1) is 13.7. The third-order valence-electron chi connectivity index (χ3n) is 3.28. The molecule has 1 heterocycles. The zero-order valence-corrected chi connectivity index (χ0v) is 12.1. The van der Waals surface area contributed by atoms with Gasteiger partial charge in [0.15, 0.2) is 0 Å². The van der Waals surface area contributed by atoms with Gasteiger partial charge in [-0.2, -0.15) is 0 Å². The molecule has 0 bridgehead atoms. The van der Waals surface area contributed by atoms with Gasteiger partial charge in [-0.25, -0.2) is 0 Å². The second kappa shape index (κ2) is 5.08. The van der Waals surface area contributed by atoms with E-state index in [9.17, 15) is 4.79 Å². The van der Waals surface area contributed by atoms with Gasteiger partial charge in [0.2, 0.25) is 5.91 Å². The molecule has 0 saturated carbocycles. The van der Waals surface area contributed by atoms with E-state index in [0.29, 0.717) is 6.54 Å². The second-order valence-corrected chi connectivity index (χ2v) is 6.12. The van der Waals surface area contributed by atoms with Gasteiger partial charge < -0.3 is 10.3 Å². The monoisotopic (exact) mass is 258 g/mol. The number of carbonyl (C=O) groups is 1. The average molecular weight is 258 g/mol. The van der Waals surface area contributed by atoms with Crippen LogP contribution < -0.4 is 5.32 Å². The van der Waals surface area contributed by atoms with E-state index in [1.807, 2.05) is 27.0 Å². The number of aryl methyl sites for hydroxylation is 1. The number of rotatable bonds is 3. The van der Waals surface area contributed by atoms with Crippen molar-refractivity contribution < 1.29 is 4.79 Å². The highest BCUT2D eigenvalue weighted by Gasteiger charge is 2.20. The van der Waals surface area contributed by atoms with Gasteiger partial charge in [0.25, 0.3) is 0 Å². The molecular weight excluding hydrogens is 236 g/mol. The Morgan fingerprint density at radius 1 is 1.32 bits per heavy atom. The molecule has 0 atom stereocenters. The first-order chi connectivity index (χ1) is 8.88. The van der Waals surface area contributed by atoms with Crippen molar-refractivity contribution in [3.05, 3.63) is 35.5 Å².